The van der Waals surface area contributed by atoms with Crippen LogP contribution in [0.5, 0.6) is 0 Å². The van der Waals surface area contributed by atoms with Crippen LogP contribution in [0.2, 0.25) is 10.0 Å². The highest BCUT2D eigenvalue weighted by Gasteiger charge is 2.29. The van der Waals surface area contributed by atoms with Gasteiger partial charge in [-0.05, 0) is 55.3 Å². The van der Waals surface area contributed by atoms with E-state index in [2.05, 4.69) is 15.1 Å². The molecule has 3 aromatic rings. The minimum atomic E-state index is -3.51. The summed E-state index contributed by atoms with van der Waals surface area (Å²) in [4.78, 5) is 2.43. The molecular weight excluding hydrogens is 459 g/mol. The fourth-order valence-electron chi connectivity index (χ4n) is 3.43. The van der Waals surface area contributed by atoms with Crippen molar-refractivity contribution in [1.29, 1.82) is 0 Å². The normalized spacial score (nSPS) is 16.0. The number of hydrogen-bond donors (Lipinski definition) is 0. The van der Waals surface area contributed by atoms with Gasteiger partial charge in [-0.15, -0.1) is 10.2 Å². The first-order valence-electron chi connectivity index (χ1n) is 9.81. The third kappa shape index (κ3) is 4.78. The van der Waals surface area contributed by atoms with Crippen LogP contribution in [-0.2, 0) is 16.6 Å². The molecule has 0 atom stereocenters. The average Bonchev–Trinajstić information content (AvgIpc) is 3.18. The quantitative estimate of drug-likeness (QED) is 0.545. The van der Waals surface area contributed by atoms with Crippen molar-refractivity contribution < 1.29 is 12.8 Å². The number of aryl methyl sites for hydroxylation is 2. The molecule has 164 valence electrons. The summed E-state index contributed by atoms with van der Waals surface area (Å²) < 4.78 is 33.2. The zero-order chi connectivity index (χ0) is 22.2. The summed E-state index contributed by atoms with van der Waals surface area (Å²) in [6.45, 7) is 6.28. The SMILES string of the molecule is Cc1ccc(S(=O)(=O)N2CCN(Cc3nnc(-c4ccc(Cl)cc4Cl)o3)CC2)cc1C. The van der Waals surface area contributed by atoms with Crippen molar-refractivity contribution in [3.8, 4) is 11.5 Å². The molecule has 0 amide bonds. The van der Waals surface area contributed by atoms with Crippen molar-refractivity contribution in [2.75, 3.05) is 26.2 Å². The Kier molecular flexibility index (Phi) is 6.37. The van der Waals surface area contributed by atoms with Crippen molar-refractivity contribution in [3.05, 3.63) is 63.5 Å². The third-order valence-corrected chi connectivity index (χ3v) is 7.88. The highest BCUT2D eigenvalue weighted by molar-refractivity contribution is 7.89. The predicted octanol–water partition coefficient (Wildman–Crippen LogP) is 4.17. The van der Waals surface area contributed by atoms with Crippen LogP contribution in [-0.4, -0.2) is 54.0 Å². The maximum absolute atomic E-state index is 13.0. The maximum atomic E-state index is 13.0. The lowest BCUT2D eigenvalue weighted by molar-refractivity contribution is 0.168. The van der Waals surface area contributed by atoms with Gasteiger partial charge in [-0.1, -0.05) is 29.3 Å². The Morgan fingerprint density at radius 2 is 1.71 bits per heavy atom. The lowest BCUT2D eigenvalue weighted by Crippen LogP contribution is -2.48. The first-order valence-corrected chi connectivity index (χ1v) is 12.0. The molecule has 7 nitrogen and oxygen atoms in total. The predicted molar refractivity (Wildman–Crippen MR) is 120 cm³/mol. The number of benzene rings is 2. The summed E-state index contributed by atoms with van der Waals surface area (Å²) in [5.41, 5.74) is 2.66. The van der Waals surface area contributed by atoms with E-state index in [0.29, 0.717) is 65.0 Å². The van der Waals surface area contributed by atoms with Gasteiger partial charge in [-0.3, -0.25) is 4.90 Å². The first kappa shape index (κ1) is 22.2. The van der Waals surface area contributed by atoms with Crippen molar-refractivity contribution in [2.45, 2.75) is 25.3 Å². The van der Waals surface area contributed by atoms with Gasteiger partial charge in [0.05, 0.1) is 22.0 Å². The van der Waals surface area contributed by atoms with Crippen LogP contribution in [0.25, 0.3) is 11.5 Å². The van der Waals surface area contributed by atoms with Gasteiger partial charge < -0.3 is 4.42 Å². The van der Waals surface area contributed by atoms with E-state index in [-0.39, 0.29) is 0 Å². The Bertz CT molecular complexity index is 1210. The monoisotopic (exact) mass is 480 g/mol. The van der Waals surface area contributed by atoms with E-state index >= 15 is 0 Å². The highest BCUT2D eigenvalue weighted by atomic mass is 35.5. The summed E-state index contributed by atoms with van der Waals surface area (Å²) in [6.07, 6.45) is 0. The number of hydrogen-bond acceptors (Lipinski definition) is 6. The molecule has 1 aromatic heterocycles. The highest BCUT2D eigenvalue weighted by Crippen LogP contribution is 2.29. The summed E-state index contributed by atoms with van der Waals surface area (Å²) >= 11 is 12.1. The zero-order valence-electron chi connectivity index (χ0n) is 17.2. The molecule has 1 fully saturated rings. The molecule has 0 aliphatic carbocycles. The molecule has 1 aliphatic heterocycles. The second-order valence-corrected chi connectivity index (χ2v) is 10.3. The summed E-state index contributed by atoms with van der Waals surface area (Å²) in [5.74, 6) is 0.777. The van der Waals surface area contributed by atoms with Crippen molar-refractivity contribution in [1.82, 2.24) is 19.4 Å². The van der Waals surface area contributed by atoms with Gasteiger partial charge in [0.1, 0.15) is 0 Å². The van der Waals surface area contributed by atoms with E-state index in [0.717, 1.165) is 11.1 Å². The molecule has 1 aliphatic rings. The largest absolute Gasteiger partial charge is 0.419 e. The van der Waals surface area contributed by atoms with Gasteiger partial charge in [-0.2, -0.15) is 4.31 Å². The van der Waals surface area contributed by atoms with E-state index in [4.69, 9.17) is 27.6 Å². The Morgan fingerprint density at radius 1 is 0.968 bits per heavy atom. The number of nitrogens with zero attached hydrogens (tertiary/aromatic N) is 4. The standard InChI is InChI=1S/C21H22Cl2N4O3S/c1-14-3-5-17(11-15(14)2)31(28,29)27-9-7-26(8-10-27)13-20-24-25-21(30-20)18-6-4-16(22)12-19(18)23/h3-6,11-12H,7-10,13H2,1-2H3. The number of rotatable bonds is 5. The van der Waals surface area contributed by atoms with E-state index in [1.54, 1.807) is 30.3 Å². The summed E-state index contributed by atoms with van der Waals surface area (Å²) in [5, 5.41) is 9.14. The zero-order valence-corrected chi connectivity index (χ0v) is 19.5. The Hall–Kier alpha value is -1.97. The average molecular weight is 481 g/mol. The fourth-order valence-corrected chi connectivity index (χ4v) is 5.43. The van der Waals surface area contributed by atoms with Crippen LogP contribution in [0.15, 0.2) is 45.7 Å². The van der Waals surface area contributed by atoms with Crippen LogP contribution in [0, 0.1) is 13.8 Å². The summed E-state index contributed by atoms with van der Waals surface area (Å²) in [6, 6.07) is 10.3. The van der Waals surface area contributed by atoms with Crippen molar-refractivity contribution in [2.24, 2.45) is 0 Å². The Morgan fingerprint density at radius 3 is 2.39 bits per heavy atom. The Labute approximate surface area is 191 Å². The second-order valence-electron chi connectivity index (χ2n) is 7.55. The van der Waals surface area contributed by atoms with Crippen LogP contribution < -0.4 is 0 Å². The van der Waals surface area contributed by atoms with Gasteiger partial charge in [0, 0.05) is 31.2 Å². The van der Waals surface area contributed by atoms with Gasteiger partial charge in [0.2, 0.25) is 21.8 Å². The lowest BCUT2D eigenvalue weighted by Gasteiger charge is -2.33. The molecule has 4 rings (SSSR count). The molecular formula is C21H22Cl2N4O3S. The molecule has 0 saturated carbocycles. The fraction of sp³-hybridized carbons (Fsp3) is 0.333. The first-order chi connectivity index (χ1) is 14.7. The van der Waals surface area contributed by atoms with Crippen LogP contribution >= 0.6 is 23.2 Å². The van der Waals surface area contributed by atoms with E-state index in [1.807, 2.05) is 19.9 Å². The molecule has 0 radical (unpaired) electrons. The van der Waals surface area contributed by atoms with Crippen LogP contribution in [0.4, 0.5) is 0 Å². The molecule has 1 saturated heterocycles. The molecule has 0 bridgehead atoms. The van der Waals surface area contributed by atoms with Gasteiger partial charge in [0.25, 0.3) is 0 Å². The molecule has 2 aromatic carbocycles. The van der Waals surface area contributed by atoms with E-state index in [1.165, 1.54) is 4.31 Å². The van der Waals surface area contributed by atoms with Gasteiger partial charge >= 0.3 is 0 Å². The summed E-state index contributed by atoms with van der Waals surface area (Å²) in [7, 11) is -3.51. The molecule has 2 heterocycles. The smallest absolute Gasteiger partial charge is 0.249 e. The molecule has 0 spiro atoms. The molecule has 0 unspecified atom stereocenters. The Balaban J connectivity index is 1.39. The number of aromatic nitrogens is 2. The number of piperazine rings is 1. The molecule has 10 heteroatoms. The molecule has 31 heavy (non-hydrogen) atoms. The van der Waals surface area contributed by atoms with Crippen LogP contribution in [0.1, 0.15) is 17.0 Å². The van der Waals surface area contributed by atoms with Crippen molar-refractivity contribution >= 4 is 33.2 Å². The van der Waals surface area contributed by atoms with E-state index < -0.39 is 10.0 Å². The van der Waals surface area contributed by atoms with Crippen molar-refractivity contribution in [3.63, 3.8) is 0 Å². The second kappa shape index (κ2) is 8.88. The van der Waals surface area contributed by atoms with Crippen LogP contribution in [0.3, 0.4) is 0 Å². The number of halogens is 2. The minimum Gasteiger partial charge on any atom is -0.419 e. The third-order valence-electron chi connectivity index (χ3n) is 5.43. The van der Waals surface area contributed by atoms with E-state index in [9.17, 15) is 8.42 Å². The topological polar surface area (TPSA) is 79.5 Å². The minimum absolute atomic E-state index is 0.327. The lowest BCUT2D eigenvalue weighted by atomic mass is 10.1. The molecule has 0 N–H and O–H groups in total. The van der Waals surface area contributed by atoms with Gasteiger partial charge in [0.15, 0.2) is 0 Å². The maximum Gasteiger partial charge on any atom is 0.249 e. The van der Waals surface area contributed by atoms with Gasteiger partial charge in [-0.25, -0.2) is 8.42 Å². The number of sulfonamides is 1.